The predicted molar refractivity (Wildman–Crippen MR) is 38.4 cm³/mol. The van der Waals surface area contributed by atoms with Gasteiger partial charge >= 0.3 is 0 Å². The van der Waals surface area contributed by atoms with Gasteiger partial charge in [-0.2, -0.15) is 0 Å². The zero-order chi connectivity index (χ0) is 5.70. The van der Waals surface area contributed by atoms with E-state index in [1.165, 1.54) is 0 Å². The molecule has 1 nitrogen and oxygen atoms in total. The maximum atomic E-state index is 4.82. The largest absolute Gasteiger partial charge is 0.383 e. The molecule has 44 valence electrons. The van der Waals surface area contributed by atoms with Crippen molar-refractivity contribution in [3.05, 3.63) is 0 Å². The van der Waals surface area contributed by atoms with Crippen LogP contribution in [0.2, 0.25) is 0 Å². The number of hydrogen-bond acceptors (Lipinski definition) is 1. The molecule has 0 radical (unpaired) electrons. The molecule has 7 heavy (non-hydrogen) atoms. The van der Waals surface area contributed by atoms with E-state index in [0.717, 1.165) is 11.9 Å². The summed E-state index contributed by atoms with van der Waals surface area (Å²) in [4.78, 5) is 0.456. The van der Waals surface area contributed by atoms with Gasteiger partial charge in [-0.15, -0.1) is 0 Å². The van der Waals surface area contributed by atoms with Gasteiger partial charge in [0, 0.05) is 17.3 Å². The summed E-state index contributed by atoms with van der Waals surface area (Å²) in [5.74, 6) is 0. The van der Waals surface area contributed by atoms with Gasteiger partial charge in [0.2, 0.25) is 0 Å². The minimum atomic E-state index is 0.456. The van der Waals surface area contributed by atoms with Crippen molar-refractivity contribution < 1.29 is 4.74 Å². The summed E-state index contributed by atoms with van der Waals surface area (Å²) >= 11 is 6.65. The number of hydrogen-bond donors (Lipinski definition) is 0. The van der Waals surface area contributed by atoms with Gasteiger partial charge in [-0.3, -0.25) is 0 Å². The Morgan fingerprint density at radius 2 is 2.29 bits per heavy atom. The summed E-state index contributed by atoms with van der Waals surface area (Å²) in [5, 5.41) is 0.945. The summed E-state index contributed by atoms with van der Waals surface area (Å²) in [6.45, 7) is 0.769. The third-order valence-electron chi connectivity index (χ3n) is 0.515. The van der Waals surface area contributed by atoms with Crippen molar-refractivity contribution >= 4 is 31.9 Å². The Kier molecular flexibility index (Phi) is 5.73. The van der Waals surface area contributed by atoms with E-state index >= 15 is 0 Å². The lowest BCUT2D eigenvalue weighted by molar-refractivity contribution is 0.205. The zero-order valence-corrected chi connectivity index (χ0v) is 7.33. The molecule has 0 fully saturated rings. The van der Waals surface area contributed by atoms with Gasteiger partial charge in [0.25, 0.3) is 0 Å². The second-order valence-corrected chi connectivity index (χ2v) is 3.15. The molecule has 0 aromatic heterocycles. The van der Waals surface area contributed by atoms with Gasteiger partial charge in [-0.25, -0.2) is 0 Å². The van der Waals surface area contributed by atoms with E-state index in [9.17, 15) is 0 Å². The molecule has 1 atom stereocenters. The quantitative estimate of drug-likeness (QED) is 0.674. The van der Waals surface area contributed by atoms with E-state index in [0.29, 0.717) is 4.83 Å². The maximum absolute atomic E-state index is 4.82. The van der Waals surface area contributed by atoms with Crippen molar-refractivity contribution in [1.29, 1.82) is 0 Å². The Morgan fingerprint density at radius 3 is 2.43 bits per heavy atom. The van der Waals surface area contributed by atoms with Gasteiger partial charge in [-0.1, -0.05) is 31.9 Å². The molecule has 0 heterocycles. The fraction of sp³-hybridized carbons (Fsp3) is 1.00. The van der Waals surface area contributed by atoms with Gasteiger partial charge in [0.15, 0.2) is 0 Å². The van der Waals surface area contributed by atoms with Crippen LogP contribution < -0.4 is 0 Å². The summed E-state index contributed by atoms with van der Waals surface area (Å²) in [7, 11) is 1.69. The van der Waals surface area contributed by atoms with E-state index in [-0.39, 0.29) is 0 Å². The summed E-state index contributed by atoms with van der Waals surface area (Å²) < 4.78 is 4.82. The third kappa shape index (κ3) is 4.78. The van der Waals surface area contributed by atoms with Crippen molar-refractivity contribution in [2.45, 2.75) is 4.83 Å². The Bertz CT molecular complexity index is 40.7. The molecule has 0 N–H and O–H groups in total. The van der Waals surface area contributed by atoms with E-state index in [4.69, 9.17) is 4.74 Å². The number of rotatable bonds is 3. The Labute approximate surface area is 60.7 Å². The van der Waals surface area contributed by atoms with E-state index in [2.05, 4.69) is 31.9 Å². The highest BCUT2D eigenvalue weighted by Gasteiger charge is 1.96. The average molecular weight is 232 g/mol. The molecule has 0 aliphatic rings. The molecule has 1 unspecified atom stereocenters. The van der Waals surface area contributed by atoms with Crippen LogP contribution in [0.1, 0.15) is 0 Å². The molecule has 0 bridgehead atoms. The second-order valence-electron chi connectivity index (χ2n) is 1.21. The number of methoxy groups -OCH3 is 1. The number of ether oxygens (including phenoxy) is 1. The smallest absolute Gasteiger partial charge is 0.0595 e. The molecule has 0 saturated heterocycles. The van der Waals surface area contributed by atoms with E-state index < -0.39 is 0 Å². The normalized spacial score (nSPS) is 14.1. The van der Waals surface area contributed by atoms with Crippen LogP contribution in [0.15, 0.2) is 0 Å². The maximum Gasteiger partial charge on any atom is 0.0595 e. The first kappa shape index (κ1) is 7.92. The topological polar surface area (TPSA) is 9.23 Å². The van der Waals surface area contributed by atoms with Gasteiger partial charge in [0.1, 0.15) is 0 Å². The Morgan fingerprint density at radius 1 is 1.71 bits per heavy atom. The van der Waals surface area contributed by atoms with E-state index in [1.54, 1.807) is 7.11 Å². The Hall–Kier alpha value is 0.920. The second kappa shape index (κ2) is 5.06. The average Bonchev–Trinajstić information content (AvgIpc) is 1.68. The molecule has 0 aromatic rings. The fourth-order valence-corrected chi connectivity index (χ4v) is 0.677. The molecular weight excluding hydrogens is 224 g/mol. The van der Waals surface area contributed by atoms with Crippen LogP contribution in [0.4, 0.5) is 0 Å². The van der Waals surface area contributed by atoms with Crippen molar-refractivity contribution in [3.63, 3.8) is 0 Å². The zero-order valence-electron chi connectivity index (χ0n) is 4.16. The molecule has 0 aliphatic heterocycles. The number of alkyl halides is 2. The minimum absolute atomic E-state index is 0.456. The highest BCUT2D eigenvalue weighted by atomic mass is 79.9. The van der Waals surface area contributed by atoms with Crippen LogP contribution in [0.25, 0.3) is 0 Å². The highest BCUT2D eigenvalue weighted by Crippen LogP contribution is 2.02. The monoisotopic (exact) mass is 230 g/mol. The molecule has 0 aliphatic carbocycles. The lowest BCUT2D eigenvalue weighted by atomic mass is 10.5. The predicted octanol–water partition coefficient (Wildman–Crippen LogP) is 1.79. The molecule has 0 rings (SSSR count). The molecule has 0 amide bonds. The standard InChI is InChI=1S/C4H8Br2O/c1-7-3-4(6)2-5/h4H,2-3H2,1H3. The van der Waals surface area contributed by atoms with Crippen LogP contribution in [-0.4, -0.2) is 23.9 Å². The minimum Gasteiger partial charge on any atom is -0.383 e. The lowest BCUT2D eigenvalue weighted by Crippen LogP contribution is -2.06. The first-order chi connectivity index (χ1) is 3.31. The molecule has 0 spiro atoms. The Balaban J connectivity index is 2.83. The van der Waals surface area contributed by atoms with Crippen LogP contribution >= 0.6 is 31.9 Å². The highest BCUT2D eigenvalue weighted by molar-refractivity contribution is 9.12. The summed E-state index contributed by atoms with van der Waals surface area (Å²) in [6.07, 6.45) is 0. The van der Waals surface area contributed by atoms with Crippen molar-refractivity contribution in [2.24, 2.45) is 0 Å². The molecule has 0 aromatic carbocycles. The molecular formula is C4H8Br2O. The van der Waals surface area contributed by atoms with Gasteiger partial charge in [-0.05, 0) is 0 Å². The molecule has 3 heteroatoms. The lowest BCUT2D eigenvalue weighted by Gasteiger charge is -2.00. The van der Waals surface area contributed by atoms with Gasteiger partial charge < -0.3 is 4.74 Å². The first-order valence-corrected chi connectivity index (χ1v) is 4.04. The fourth-order valence-electron chi connectivity index (χ4n) is 0.225. The summed E-state index contributed by atoms with van der Waals surface area (Å²) in [5.41, 5.74) is 0. The van der Waals surface area contributed by atoms with Crippen molar-refractivity contribution in [1.82, 2.24) is 0 Å². The number of halogens is 2. The van der Waals surface area contributed by atoms with E-state index in [1.807, 2.05) is 0 Å². The van der Waals surface area contributed by atoms with Crippen LogP contribution in [0, 0.1) is 0 Å². The van der Waals surface area contributed by atoms with Gasteiger partial charge in [0.05, 0.1) is 6.61 Å². The van der Waals surface area contributed by atoms with Crippen LogP contribution in [0.5, 0.6) is 0 Å². The van der Waals surface area contributed by atoms with Crippen molar-refractivity contribution in [3.8, 4) is 0 Å². The van der Waals surface area contributed by atoms with Crippen LogP contribution in [0.3, 0.4) is 0 Å². The van der Waals surface area contributed by atoms with Crippen molar-refractivity contribution in [2.75, 3.05) is 19.0 Å². The summed E-state index contributed by atoms with van der Waals surface area (Å²) in [6, 6.07) is 0. The van der Waals surface area contributed by atoms with Crippen LogP contribution in [-0.2, 0) is 4.74 Å². The molecule has 0 saturated carbocycles. The third-order valence-corrected chi connectivity index (χ3v) is 2.75. The SMILES string of the molecule is COCC(Br)CBr. The first-order valence-electron chi connectivity index (χ1n) is 2.00.